The minimum atomic E-state index is 0.151. The second-order valence-corrected chi connectivity index (χ2v) is 5.28. The van der Waals surface area contributed by atoms with Crippen LogP contribution in [0.3, 0.4) is 0 Å². The van der Waals surface area contributed by atoms with E-state index >= 15 is 0 Å². The molecule has 3 N–H and O–H groups in total. The van der Waals surface area contributed by atoms with Gasteiger partial charge in [-0.15, -0.1) is 0 Å². The molecule has 4 heteroatoms. The number of hydrogen-bond donors (Lipinski definition) is 2. The predicted molar refractivity (Wildman–Crippen MR) is 73.3 cm³/mol. The number of hydrogen-bond acceptors (Lipinski definition) is 3. The molecule has 18 heavy (non-hydrogen) atoms. The number of amidine groups is 1. The molecule has 1 aliphatic heterocycles. The van der Waals surface area contributed by atoms with E-state index in [-0.39, 0.29) is 5.84 Å². The van der Waals surface area contributed by atoms with Crippen molar-refractivity contribution in [1.82, 2.24) is 4.98 Å². The van der Waals surface area contributed by atoms with Crippen molar-refractivity contribution < 1.29 is 0 Å². The Morgan fingerprint density at radius 2 is 1.94 bits per heavy atom. The standard InChI is InChI=1S/C14H20N4/c15-13(16)11-9-10-5-4-6-12(10)17-14(11)18-7-2-1-3-8-18/h9H,1-8H2,(H3,15,16). The number of fused-ring (bicyclic) bond motifs is 1. The zero-order valence-electron chi connectivity index (χ0n) is 10.7. The molecular formula is C14H20N4. The van der Waals surface area contributed by atoms with Crippen LogP contribution in [0.25, 0.3) is 0 Å². The number of nitrogens with one attached hydrogen (secondary N) is 1. The van der Waals surface area contributed by atoms with E-state index in [0.717, 1.165) is 37.3 Å². The molecule has 0 saturated carbocycles. The highest BCUT2D eigenvalue weighted by molar-refractivity contribution is 6.00. The van der Waals surface area contributed by atoms with Crippen LogP contribution in [0.1, 0.15) is 42.5 Å². The van der Waals surface area contributed by atoms with Gasteiger partial charge in [-0.1, -0.05) is 0 Å². The Hall–Kier alpha value is -1.58. The summed E-state index contributed by atoms with van der Waals surface area (Å²) in [6, 6.07) is 2.10. The van der Waals surface area contributed by atoms with E-state index < -0.39 is 0 Å². The van der Waals surface area contributed by atoms with Crippen LogP contribution in [-0.2, 0) is 12.8 Å². The average Bonchev–Trinajstić information content (AvgIpc) is 2.85. The highest BCUT2D eigenvalue weighted by atomic mass is 15.2. The number of aromatic nitrogens is 1. The number of pyridine rings is 1. The summed E-state index contributed by atoms with van der Waals surface area (Å²) in [7, 11) is 0. The van der Waals surface area contributed by atoms with Crippen LogP contribution in [0, 0.1) is 5.41 Å². The SMILES string of the molecule is N=C(N)c1cc2c(nc1N1CCCCC1)CCC2. The maximum absolute atomic E-state index is 7.77. The molecule has 2 aliphatic rings. The van der Waals surface area contributed by atoms with Gasteiger partial charge in [-0.2, -0.15) is 0 Å². The Kier molecular flexibility index (Phi) is 2.94. The first-order valence-electron chi connectivity index (χ1n) is 6.88. The fourth-order valence-electron chi connectivity index (χ4n) is 3.01. The summed E-state index contributed by atoms with van der Waals surface area (Å²) < 4.78 is 0. The van der Waals surface area contributed by atoms with Gasteiger partial charge in [0.1, 0.15) is 11.7 Å². The molecule has 1 aliphatic carbocycles. The third-order valence-electron chi connectivity index (χ3n) is 3.98. The van der Waals surface area contributed by atoms with Crippen LogP contribution in [0.2, 0.25) is 0 Å². The van der Waals surface area contributed by atoms with E-state index in [2.05, 4.69) is 11.0 Å². The Labute approximate surface area is 108 Å². The Morgan fingerprint density at radius 1 is 1.17 bits per heavy atom. The zero-order chi connectivity index (χ0) is 12.5. The van der Waals surface area contributed by atoms with Crippen molar-refractivity contribution >= 4 is 11.7 Å². The monoisotopic (exact) mass is 244 g/mol. The molecule has 0 unspecified atom stereocenters. The van der Waals surface area contributed by atoms with Gasteiger partial charge in [0.2, 0.25) is 0 Å². The van der Waals surface area contributed by atoms with E-state index in [1.807, 2.05) is 0 Å². The lowest BCUT2D eigenvalue weighted by atomic mass is 10.1. The van der Waals surface area contributed by atoms with Gasteiger partial charge in [-0.3, -0.25) is 5.41 Å². The first-order chi connectivity index (χ1) is 8.75. The number of aryl methyl sites for hydroxylation is 2. The van der Waals surface area contributed by atoms with E-state index in [4.69, 9.17) is 16.1 Å². The predicted octanol–water partition coefficient (Wildman–Crippen LogP) is 1.84. The summed E-state index contributed by atoms with van der Waals surface area (Å²) in [5.74, 6) is 1.10. The molecule has 1 fully saturated rings. The molecule has 96 valence electrons. The Morgan fingerprint density at radius 3 is 2.67 bits per heavy atom. The normalized spacial score (nSPS) is 18.8. The first kappa shape index (κ1) is 11.5. The van der Waals surface area contributed by atoms with Crippen LogP contribution in [0.4, 0.5) is 5.82 Å². The van der Waals surface area contributed by atoms with Crippen LogP contribution >= 0.6 is 0 Å². The summed E-state index contributed by atoms with van der Waals surface area (Å²) >= 11 is 0. The first-order valence-corrected chi connectivity index (χ1v) is 6.88. The maximum atomic E-state index is 7.77. The van der Waals surface area contributed by atoms with Gasteiger partial charge in [-0.25, -0.2) is 4.98 Å². The van der Waals surface area contributed by atoms with Gasteiger partial charge in [0.05, 0.1) is 5.56 Å². The topological polar surface area (TPSA) is 66.0 Å². The number of nitrogens with zero attached hydrogens (tertiary/aromatic N) is 2. The maximum Gasteiger partial charge on any atom is 0.139 e. The summed E-state index contributed by atoms with van der Waals surface area (Å²) in [5.41, 5.74) is 9.08. The molecule has 1 aromatic rings. The Balaban J connectivity index is 2.02. The van der Waals surface area contributed by atoms with Crippen molar-refractivity contribution in [3.63, 3.8) is 0 Å². The Bertz CT molecular complexity index is 475. The lowest BCUT2D eigenvalue weighted by Crippen LogP contribution is -2.32. The molecule has 3 rings (SSSR count). The molecule has 0 bridgehead atoms. The third-order valence-corrected chi connectivity index (χ3v) is 3.98. The molecule has 0 amide bonds. The van der Waals surface area contributed by atoms with Crippen LogP contribution in [0.15, 0.2) is 6.07 Å². The third kappa shape index (κ3) is 1.96. The molecule has 0 atom stereocenters. The second-order valence-electron chi connectivity index (χ2n) is 5.28. The minimum absolute atomic E-state index is 0.151. The van der Waals surface area contributed by atoms with Crippen molar-refractivity contribution in [2.75, 3.05) is 18.0 Å². The molecule has 0 aromatic carbocycles. The van der Waals surface area contributed by atoms with E-state index in [1.165, 1.54) is 36.9 Å². The average molecular weight is 244 g/mol. The number of nitrogen functional groups attached to an aromatic ring is 1. The van der Waals surface area contributed by atoms with Crippen molar-refractivity contribution in [1.29, 1.82) is 5.41 Å². The molecule has 0 spiro atoms. The van der Waals surface area contributed by atoms with Crippen molar-refractivity contribution in [2.45, 2.75) is 38.5 Å². The number of anilines is 1. The summed E-state index contributed by atoms with van der Waals surface area (Å²) in [4.78, 5) is 7.11. The van der Waals surface area contributed by atoms with E-state index in [0.29, 0.717) is 0 Å². The summed E-state index contributed by atoms with van der Waals surface area (Å²) in [5, 5.41) is 7.77. The lowest BCUT2D eigenvalue weighted by Gasteiger charge is -2.29. The number of piperidine rings is 1. The van der Waals surface area contributed by atoms with E-state index in [1.54, 1.807) is 0 Å². The van der Waals surface area contributed by atoms with Crippen molar-refractivity contribution in [2.24, 2.45) is 5.73 Å². The zero-order valence-corrected chi connectivity index (χ0v) is 10.7. The molecule has 2 heterocycles. The molecular weight excluding hydrogens is 224 g/mol. The smallest absolute Gasteiger partial charge is 0.139 e. The van der Waals surface area contributed by atoms with Gasteiger partial charge in [0.15, 0.2) is 0 Å². The number of rotatable bonds is 2. The molecule has 0 radical (unpaired) electrons. The fraction of sp³-hybridized carbons (Fsp3) is 0.571. The fourth-order valence-corrected chi connectivity index (χ4v) is 3.01. The van der Waals surface area contributed by atoms with E-state index in [9.17, 15) is 0 Å². The van der Waals surface area contributed by atoms with Crippen molar-refractivity contribution in [3.05, 3.63) is 22.9 Å². The second kappa shape index (κ2) is 4.59. The summed E-state index contributed by atoms with van der Waals surface area (Å²) in [6.45, 7) is 2.10. The summed E-state index contributed by atoms with van der Waals surface area (Å²) in [6.07, 6.45) is 7.09. The number of nitrogens with two attached hydrogens (primary N) is 1. The van der Waals surface area contributed by atoms with Gasteiger partial charge < -0.3 is 10.6 Å². The van der Waals surface area contributed by atoms with Gasteiger partial charge >= 0.3 is 0 Å². The highest BCUT2D eigenvalue weighted by Crippen LogP contribution is 2.28. The highest BCUT2D eigenvalue weighted by Gasteiger charge is 2.22. The quantitative estimate of drug-likeness (QED) is 0.616. The van der Waals surface area contributed by atoms with Gasteiger partial charge in [0, 0.05) is 18.8 Å². The van der Waals surface area contributed by atoms with Crippen LogP contribution in [-0.4, -0.2) is 23.9 Å². The van der Waals surface area contributed by atoms with Gasteiger partial charge in [0.25, 0.3) is 0 Å². The minimum Gasteiger partial charge on any atom is -0.384 e. The molecule has 4 nitrogen and oxygen atoms in total. The molecule has 1 saturated heterocycles. The molecule has 1 aromatic heterocycles. The van der Waals surface area contributed by atoms with Crippen LogP contribution < -0.4 is 10.6 Å². The lowest BCUT2D eigenvalue weighted by molar-refractivity contribution is 0.572. The van der Waals surface area contributed by atoms with Gasteiger partial charge in [-0.05, 0) is 50.2 Å². The van der Waals surface area contributed by atoms with Crippen molar-refractivity contribution in [3.8, 4) is 0 Å². The largest absolute Gasteiger partial charge is 0.384 e. The van der Waals surface area contributed by atoms with Crippen LogP contribution in [0.5, 0.6) is 0 Å².